The second-order valence-corrected chi connectivity index (χ2v) is 15.0. The fourth-order valence-corrected chi connectivity index (χ4v) is 8.11. The number of carbonyl (C=O) groups is 4. The maximum absolute atomic E-state index is 13.9. The Bertz CT molecular complexity index is 2140. The number of piperazine rings is 1. The van der Waals surface area contributed by atoms with Crippen molar-refractivity contribution in [3.63, 3.8) is 0 Å². The smallest absolute Gasteiger partial charge is 0.435 e. The third kappa shape index (κ3) is 8.89. The number of carboxylic acids is 1. The summed E-state index contributed by atoms with van der Waals surface area (Å²) in [6.45, 7) is 4.19. The zero-order chi connectivity index (χ0) is 40.4. The lowest BCUT2D eigenvalue weighted by atomic mass is 9.73. The van der Waals surface area contributed by atoms with E-state index >= 15 is 0 Å². The van der Waals surface area contributed by atoms with Crippen LogP contribution in [-0.4, -0.2) is 128 Å². The second-order valence-electron chi connectivity index (χ2n) is 14.5. The van der Waals surface area contributed by atoms with Gasteiger partial charge in [0.25, 0.3) is 11.8 Å². The van der Waals surface area contributed by atoms with Gasteiger partial charge in [-0.05, 0) is 81.2 Å². The van der Waals surface area contributed by atoms with Crippen LogP contribution in [0.4, 0.5) is 24.7 Å². The summed E-state index contributed by atoms with van der Waals surface area (Å²) in [4.78, 5) is 67.8. The highest BCUT2D eigenvalue weighted by Crippen LogP contribution is 2.37. The highest BCUT2D eigenvalue weighted by molar-refractivity contribution is 6.34. The topological polar surface area (TPSA) is 219 Å². The number of benzene rings is 1. The van der Waals surface area contributed by atoms with Gasteiger partial charge in [0.15, 0.2) is 11.5 Å². The summed E-state index contributed by atoms with van der Waals surface area (Å²) in [6.07, 6.45) is -0.898. The number of alkyl halides is 3. The summed E-state index contributed by atoms with van der Waals surface area (Å²) in [6, 6.07) is 7.33. The standard InChI is InChI=1S/C37H41ClF3N11O5/c38-27-15-23(47-34(55)33-45-18-24(46-33)14-26-31(21-3-6-44-28(42)13-21)48-49-32(26)37(39,40)41)1-2-25(27)35(56)51-9-11-52(12-10-51)36(57)30(22-16-43-17-22)20-4-7-50(8-5-20)19-29(53)54/h1-3,6,13,15,18,20,22,30,43H,4-5,7-12,14,16-17,19H2,(H2,42,44)(H,45,46)(H,47,55)(H,48,49)(H,53,54). The predicted molar refractivity (Wildman–Crippen MR) is 201 cm³/mol. The number of imidazole rings is 1. The third-order valence-electron chi connectivity index (χ3n) is 10.9. The van der Waals surface area contributed by atoms with Crippen LogP contribution in [0, 0.1) is 17.8 Å². The van der Waals surface area contributed by atoms with Gasteiger partial charge in [-0.1, -0.05) is 11.6 Å². The minimum Gasteiger partial charge on any atom is -0.480 e. The SMILES string of the molecule is Nc1cc(-c2[nH]nc(C(F)(F)F)c2Cc2cnc(C(=O)Nc3ccc(C(=O)N4CCN(C(=O)C(C5CCN(CC(=O)O)CC5)C5CNC5)CC4)c(Cl)c3)[nH]2)ccn1. The van der Waals surface area contributed by atoms with Crippen LogP contribution in [-0.2, 0) is 22.2 Å². The van der Waals surface area contributed by atoms with Crippen LogP contribution in [0.1, 0.15) is 50.8 Å². The number of H-pyrrole nitrogens is 2. The van der Waals surface area contributed by atoms with Crippen molar-refractivity contribution in [1.29, 1.82) is 0 Å². The highest BCUT2D eigenvalue weighted by atomic mass is 35.5. The number of aromatic nitrogens is 5. The van der Waals surface area contributed by atoms with Crippen molar-refractivity contribution in [1.82, 2.24) is 45.2 Å². The van der Waals surface area contributed by atoms with Crippen molar-refractivity contribution in [3.8, 4) is 11.3 Å². The lowest BCUT2D eigenvalue weighted by molar-refractivity contribution is -0.144. The molecule has 3 amide bonds. The number of carboxylic acid groups (broad SMARTS) is 1. The number of anilines is 2. The lowest BCUT2D eigenvalue weighted by Crippen LogP contribution is -2.58. The second kappa shape index (κ2) is 16.5. The van der Waals surface area contributed by atoms with Crippen LogP contribution >= 0.6 is 11.6 Å². The first-order valence-electron chi connectivity index (χ1n) is 18.5. The molecule has 0 aliphatic carbocycles. The Morgan fingerprint density at radius 1 is 0.982 bits per heavy atom. The number of carbonyl (C=O) groups excluding carboxylic acids is 3. The molecule has 3 saturated heterocycles. The van der Waals surface area contributed by atoms with Crippen LogP contribution in [0.2, 0.25) is 5.02 Å². The Morgan fingerprint density at radius 2 is 1.70 bits per heavy atom. The number of nitrogens with zero attached hydrogens (tertiary/aromatic N) is 6. The molecule has 3 fully saturated rings. The summed E-state index contributed by atoms with van der Waals surface area (Å²) in [5.74, 6) is -1.60. The van der Waals surface area contributed by atoms with Crippen molar-refractivity contribution < 1.29 is 37.5 Å². The number of aliphatic carboxylic acids is 1. The summed E-state index contributed by atoms with van der Waals surface area (Å²) in [5, 5.41) is 21.1. The van der Waals surface area contributed by atoms with Gasteiger partial charge in [-0.15, -0.1) is 0 Å². The first-order valence-corrected chi connectivity index (χ1v) is 18.9. The number of halogens is 4. The number of amides is 3. The molecule has 1 unspecified atom stereocenters. The molecular weight excluding hydrogens is 771 g/mol. The molecular formula is C37H41ClF3N11O5. The fraction of sp³-hybridized carbons (Fsp3) is 0.432. The average molecular weight is 812 g/mol. The van der Waals surface area contributed by atoms with E-state index in [1.54, 1.807) is 4.90 Å². The largest absolute Gasteiger partial charge is 0.480 e. The monoisotopic (exact) mass is 811 g/mol. The van der Waals surface area contributed by atoms with Gasteiger partial charge in [-0.25, -0.2) is 9.97 Å². The number of rotatable bonds is 11. The first kappa shape index (κ1) is 39.7. The van der Waals surface area contributed by atoms with Crippen molar-refractivity contribution in [2.45, 2.75) is 25.4 Å². The van der Waals surface area contributed by atoms with Gasteiger partial charge < -0.3 is 36.3 Å². The first-order chi connectivity index (χ1) is 27.2. The molecule has 1 atom stereocenters. The van der Waals surface area contributed by atoms with Crippen LogP contribution in [0.3, 0.4) is 0 Å². The quantitative estimate of drug-likeness (QED) is 0.129. The molecule has 6 heterocycles. The minimum atomic E-state index is -4.76. The maximum atomic E-state index is 13.9. The van der Waals surface area contributed by atoms with E-state index < -0.39 is 23.7 Å². The minimum absolute atomic E-state index is 0.0000350. The maximum Gasteiger partial charge on any atom is 0.435 e. The highest BCUT2D eigenvalue weighted by Gasteiger charge is 2.42. The van der Waals surface area contributed by atoms with Crippen LogP contribution in [0.5, 0.6) is 0 Å². The van der Waals surface area contributed by atoms with E-state index in [1.165, 1.54) is 42.7 Å². The molecule has 16 nitrogen and oxygen atoms in total. The van der Waals surface area contributed by atoms with E-state index in [0.29, 0.717) is 44.8 Å². The van der Waals surface area contributed by atoms with Gasteiger partial charge in [0.1, 0.15) is 5.82 Å². The normalized spacial score (nSPS) is 17.6. The number of nitrogens with one attached hydrogen (secondary N) is 4. The number of hydrogen-bond donors (Lipinski definition) is 6. The number of nitrogens with two attached hydrogens (primary N) is 1. The average Bonchev–Trinajstić information content (AvgIpc) is 3.81. The lowest BCUT2D eigenvalue weighted by Gasteiger charge is -2.45. The van der Waals surface area contributed by atoms with E-state index in [4.69, 9.17) is 22.4 Å². The zero-order valence-electron chi connectivity index (χ0n) is 30.6. The molecule has 0 spiro atoms. The molecule has 3 aliphatic rings. The van der Waals surface area contributed by atoms with E-state index in [2.05, 4.69) is 35.8 Å². The zero-order valence-corrected chi connectivity index (χ0v) is 31.4. The molecule has 0 bridgehead atoms. The Morgan fingerprint density at radius 3 is 2.33 bits per heavy atom. The van der Waals surface area contributed by atoms with Gasteiger partial charge in [0.2, 0.25) is 5.91 Å². The molecule has 0 radical (unpaired) electrons. The van der Waals surface area contributed by atoms with Gasteiger partial charge >= 0.3 is 12.1 Å². The number of piperidine rings is 1. The molecule has 302 valence electrons. The van der Waals surface area contributed by atoms with Gasteiger partial charge in [0.05, 0.1) is 22.8 Å². The molecule has 7 N–H and O–H groups in total. The molecule has 1 aromatic carbocycles. The fourth-order valence-electron chi connectivity index (χ4n) is 7.85. The number of nitrogen functional groups attached to an aromatic ring is 1. The Hall–Kier alpha value is -5.53. The molecule has 4 aromatic rings. The van der Waals surface area contributed by atoms with Crippen LogP contribution in [0.25, 0.3) is 11.3 Å². The van der Waals surface area contributed by atoms with Gasteiger partial charge in [-0.2, -0.15) is 18.3 Å². The number of aromatic amines is 2. The molecule has 0 saturated carbocycles. The Balaban J connectivity index is 0.950. The van der Waals surface area contributed by atoms with Crippen molar-refractivity contribution in [3.05, 3.63) is 76.1 Å². The molecule has 3 aliphatic heterocycles. The van der Waals surface area contributed by atoms with Crippen molar-refractivity contribution in [2.75, 3.05) is 70.0 Å². The summed E-state index contributed by atoms with van der Waals surface area (Å²) in [7, 11) is 0. The van der Waals surface area contributed by atoms with E-state index in [9.17, 15) is 32.3 Å². The van der Waals surface area contributed by atoms with Gasteiger partial charge in [-0.3, -0.25) is 29.2 Å². The number of hydrogen-bond acceptors (Lipinski definition) is 10. The van der Waals surface area contributed by atoms with Crippen molar-refractivity contribution >= 4 is 46.8 Å². The van der Waals surface area contributed by atoms with Crippen LogP contribution < -0.4 is 16.4 Å². The van der Waals surface area contributed by atoms with E-state index in [-0.39, 0.29) is 87.4 Å². The molecule has 57 heavy (non-hydrogen) atoms. The third-order valence-corrected chi connectivity index (χ3v) is 11.2. The predicted octanol–water partition coefficient (Wildman–Crippen LogP) is 3.21. The molecule has 20 heteroatoms. The van der Waals surface area contributed by atoms with E-state index in [1.807, 2.05) is 9.80 Å². The number of pyridine rings is 1. The van der Waals surface area contributed by atoms with Gasteiger partial charge in [0, 0.05) is 73.4 Å². The van der Waals surface area contributed by atoms with E-state index in [0.717, 1.165) is 25.9 Å². The molecule has 7 rings (SSSR count). The molecule has 3 aromatic heterocycles. The number of likely N-dealkylation sites (tertiary alicyclic amines) is 1. The Labute approximate surface area is 329 Å². The Kier molecular flexibility index (Phi) is 11.5. The summed E-state index contributed by atoms with van der Waals surface area (Å²) in [5.41, 5.74) is 5.58. The van der Waals surface area contributed by atoms with Crippen LogP contribution in [0.15, 0.2) is 42.7 Å². The van der Waals surface area contributed by atoms with Crippen molar-refractivity contribution in [2.24, 2.45) is 17.8 Å². The summed E-state index contributed by atoms with van der Waals surface area (Å²) < 4.78 is 41.6. The summed E-state index contributed by atoms with van der Waals surface area (Å²) >= 11 is 6.54.